The van der Waals surface area contributed by atoms with Crippen LogP contribution in [0.25, 0.3) is 0 Å². The minimum atomic E-state index is -4.28. The van der Waals surface area contributed by atoms with E-state index in [9.17, 15) is 13.2 Å². The molecule has 1 aromatic carbocycles. The zero-order chi connectivity index (χ0) is 14.5. The lowest BCUT2D eigenvalue weighted by Crippen LogP contribution is -2.15. The molecule has 0 spiro atoms. The maximum absolute atomic E-state index is 12.0. The minimum Gasteiger partial charge on any atom is -0.497 e. The largest absolute Gasteiger partial charge is 0.497 e. The zero-order valence-corrected chi connectivity index (χ0v) is 10.1. The van der Waals surface area contributed by atoms with Gasteiger partial charge in [-0.25, -0.2) is 0 Å². The summed E-state index contributed by atoms with van der Waals surface area (Å²) < 4.78 is 45.9. The molecule has 0 saturated carbocycles. The SMILES string of the molecule is COc1cc(OCCC(F)(F)F)cc(/C(N)=N/O)c1. The Balaban J connectivity index is 2.83. The van der Waals surface area contributed by atoms with Crippen molar-refractivity contribution in [3.8, 4) is 11.5 Å². The first kappa shape index (κ1) is 14.9. The smallest absolute Gasteiger partial charge is 0.392 e. The minimum absolute atomic E-state index is 0.144. The molecular formula is C11H13F3N2O3. The highest BCUT2D eigenvalue weighted by molar-refractivity contribution is 5.97. The Kier molecular flexibility index (Phi) is 4.85. The third-order valence-electron chi connectivity index (χ3n) is 2.17. The van der Waals surface area contributed by atoms with E-state index in [1.807, 2.05) is 0 Å². The third kappa shape index (κ3) is 4.94. The normalized spacial score (nSPS) is 12.3. The van der Waals surface area contributed by atoms with Crippen molar-refractivity contribution in [2.24, 2.45) is 10.9 Å². The zero-order valence-electron chi connectivity index (χ0n) is 10.1. The van der Waals surface area contributed by atoms with E-state index in [2.05, 4.69) is 5.16 Å². The van der Waals surface area contributed by atoms with E-state index in [0.29, 0.717) is 5.75 Å². The van der Waals surface area contributed by atoms with E-state index in [-0.39, 0.29) is 17.1 Å². The van der Waals surface area contributed by atoms with E-state index in [1.54, 1.807) is 0 Å². The number of halogens is 3. The topological polar surface area (TPSA) is 77.1 Å². The number of hydrogen-bond donors (Lipinski definition) is 2. The number of nitrogens with zero attached hydrogens (tertiary/aromatic N) is 1. The Labute approximate surface area is 107 Å². The fourth-order valence-electron chi connectivity index (χ4n) is 1.26. The van der Waals surface area contributed by atoms with Gasteiger partial charge in [0.2, 0.25) is 0 Å². The fourth-order valence-corrected chi connectivity index (χ4v) is 1.26. The molecule has 0 radical (unpaired) electrons. The van der Waals surface area contributed by atoms with E-state index < -0.39 is 19.2 Å². The fraction of sp³-hybridized carbons (Fsp3) is 0.364. The van der Waals surface area contributed by atoms with Gasteiger partial charge in [0.25, 0.3) is 0 Å². The molecule has 1 aromatic rings. The summed E-state index contributed by atoms with van der Waals surface area (Å²) in [5.74, 6) is 0.274. The number of oxime groups is 1. The number of amidine groups is 1. The molecule has 0 saturated heterocycles. The van der Waals surface area contributed by atoms with Gasteiger partial charge < -0.3 is 20.4 Å². The number of benzene rings is 1. The molecule has 0 bridgehead atoms. The van der Waals surface area contributed by atoms with Crippen molar-refractivity contribution >= 4 is 5.84 Å². The lowest BCUT2D eigenvalue weighted by molar-refractivity contribution is -0.139. The van der Waals surface area contributed by atoms with Crippen LogP contribution in [0.4, 0.5) is 13.2 Å². The number of hydrogen-bond acceptors (Lipinski definition) is 4. The van der Waals surface area contributed by atoms with Crippen LogP contribution in [0.1, 0.15) is 12.0 Å². The summed E-state index contributed by atoms with van der Waals surface area (Å²) in [5, 5.41) is 11.4. The molecular weight excluding hydrogens is 265 g/mol. The van der Waals surface area contributed by atoms with Crippen LogP contribution in [0.5, 0.6) is 11.5 Å². The molecule has 0 atom stereocenters. The Hall–Kier alpha value is -2.12. The summed E-state index contributed by atoms with van der Waals surface area (Å²) in [4.78, 5) is 0. The number of nitrogens with two attached hydrogens (primary N) is 1. The predicted molar refractivity (Wildman–Crippen MR) is 61.7 cm³/mol. The number of methoxy groups -OCH3 is 1. The van der Waals surface area contributed by atoms with Crippen molar-refractivity contribution in [3.63, 3.8) is 0 Å². The van der Waals surface area contributed by atoms with Gasteiger partial charge in [-0.15, -0.1) is 0 Å². The summed E-state index contributed by atoms with van der Waals surface area (Å²) in [6.07, 6.45) is -5.35. The van der Waals surface area contributed by atoms with Crippen LogP contribution in [0.2, 0.25) is 0 Å². The summed E-state index contributed by atoms with van der Waals surface area (Å²) in [7, 11) is 1.38. The summed E-state index contributed by atoms with van der Waals surface area (Å²) in [6.45, 7) is -0.522. The maximum Gasteiger partial charge on any atom is 0.392 e. The molecule has 19 heavy (non-hydrogen) atoms. The number of rotatable bonds is 5. The number of alkyl halides is 3. The first-order chi connectivity index (χ1) is 8.85. The molecule has 0 aliphatic rings. The second-order valence-corrected chi connectivity index (χ2v) is 3.60. The highest BCUT2D eigenvalue weighted by Gasteiger charge is 2.26. The second kappa shape index (κ2) is 6.17. The van der Waals surface area contributed by atoms with Gasteiger partial charge in [-0.3, -0.25) is 0 Å². The van der Waals surface area contributed by atoms with Crippen molar-refractivity contribution in [2.75, 3.05) is 13.7 Å². The van der Waals surface area contributed by atoms with Crippen LogP contribution in [-0.4, -0.2) is 30.9 Å². The quantitative estimate of drug-likeness (QED) is 0.374. The van der Waals surface area contributed by atoms with E-state index in [4.69, 9.17) is 20.4 Å². The Morgan fingerprint density at radius 2 is 1.95 bits per heavy atom. The van der Waals surface area contributed by atoms with Gasteiger partial charge in [-0.05, 0) is 12.1 Å². The average Bonchev–Trinajstić information content (AvgIpc) is 2.35. The van der Waals surface area contributed by atoms with Crippen LogP contribution < -0.4 is 15.2 Å². The average molecular weight is 278 g/mol. The Bertz CT molecular complexity index is 461. The van der Waals surface area contributed by atoms with Crippen molar-refractivity contribution < 1.29 is 27.9 Å². The second-order valence-electron chi connectivity index (χ2n) is 3.60. The standard InChI is InChI=1S/C11H13F3N2O3/c1-18-8-4-7(10(15)16-17)5-9(6-8)19-3-2-11(12,13)14/h4-6,17H,2-3H2,1H3,(H2,15,16). The van der Waals surface area contributed by atoms with Gasteiger partial charge in [0, 0.05) is 11.6 Å². The molecule has 1 rings (SSSR count). The van der Waals surface area contributed by atoms with Gasteiger partial charge in [-0.2, -0.15) is 13.2 Å². The molecule has 0 unspecified atom stereocenters. The first-order valence-corrected chi connectivity index (χ1v) is 5.22. The molecule has 0 heterocycles. The third-order valence-corrected chi connectivity index (χ3v) is 2.17. The van der Waals surface area contributed by atoms with Gasteiger partial charge >= 0.3 is 6.18 Å². The highest BCUT2D eigenvalue weighted by Crippen LogP contribution is 2.24. The van der Waals surface area contributed by atoms with Crippen LogP contribution in [0.3, 0.4) is 0 Å². The lowest BCUT2D eigenvalue weighted by atomic mass is 10.2. The summed E-state index contributed by atoms with van der Waals surface area (Å²) in [6, 6.07) is 4.23. The predicted octanol–water partition coefficient (Wildman–Crippen LogP) is 2.12. The van der Waals surface area contributed by atoms with Crippen LogP contribution >= 0.6 is 0 Å². The molecule has 3 N–H and O–H groups in total. The Morgan fingerprint density at radius 1 is 1.32 bits per heavy atom. The van der Waals surface area contributed by atoms with Crippen LogP contribution in [-0.2, 0) is 0 Å². The monoisotopic (exact) mass is 278 g/mol. The van der Waals surface area contributed by atoms with Gasteiger partial charge in [-0.1, -0.05) is 5.16 Å². The van der Waals surface area contributed by atoms with Crippen LogP contribution in [0.15, 0.2) is 23.4 Å². The van der Waals surface area contributed by atoms with Gasteiger partial charge in [0.15, 0.2) is 5.84 Å². The van der Waals surface area contributed by atoms with E-state index >= 15 is 0 Å². The maximum atomic E-state index is 12.0. The van der Waals surface area contributed by atoms with E-state index in [0.717, 1.165) is 0 Å². The molecule has 0 aromatic heterocycles. The molecule has 8 heteroatoms. The van der Waals surface area contributed by atoms with Crippen molar-refractivity contribution in [2.45, 2.75) is 12.6 Å². The first-order valence-electron chi connectivity index (χ1n) is 5.22. The molecule has 106 valence electrons. The molecule has 0 aliphatic carbocycles. The van der Waals surface area contributed by atoms with Crippen molar-refractivity contribution in [3.05, 3.63) is 23.8 Å². The molecule has 0 fully saturated rings. The highest BCUT2D eigenvalue weighted by atomic mass is 19.4. The summed E-state index contributed by atoms with van der Waals surface area (Å²) in [5.41, 5.74) is 5.67. The van der Waals surface area contributed by atoms with E-state index in [1.165, 1.54) is 25.3 Å². The van der Waals surface area contributed by atoms with Gasteiger partial charge in [0.05, 0.1) is 20.1 Å². The molecule has 5 nitrogen and oxygen atoms in total. The summed E-state index contributed by atoms with van der Waals surface area (Å²) >= 11 is 0. The Morgan fingerprint density at radius 3 is 2.47 bits per heavy atom. The lowest BCUT2D eigenvalue weighted by Gasteiger charge is -2.11. The molecule has 0 amide bonds. The van der Waals surface area contributed by atoms with Gasteiger partial charge in [0.1, 0.15) is 11.5 Å². The molecule has 0 aliphatic heterocycles. The van der Waals surface area contributed by atoms with Crippen molar-refractivity contribution in [1.82, 2.24) is 0 Å². The van der Waals surface area contributed by atoms with Crippen LogP contribution in [0, 0.1) is 0 Å². The van der Waals surface area contributed by atoms with Crippen molar-refractivity contribution in [1.29, 1.82) is 0 Å². The number of ether oxygens (including phenoxy) is 2.